The van der Waals surface area contributed by atoms with E-state index >= 15 is 0 Å². The number of nitrogens with zero attached hydrogens (tertiary/aromatic N) is 1. The molecule has 2 rings (SSSR count). The first-order chi connectivity index (χ1) is 8.40. The molecule has 0 aromatic carbocycles. The Morgan fingerprint density at radius 1 is 1.41 bits per heavy atom. The molecular formula is C14H24N2O. The molecule has 0 saturated carbocycles. The second-order valence-electron chi connectivity index (χ2n) is 4.88. The van der Waals surface area contributed by atoms with Crippen LogP contribution in [0.3, 0.4) is 0 Å². The van der Waals surface area contributed by atoms with Gasteiger partial charge in [0.2, 0.25) is 0 Å². The van der Waals surface area contributed by atoms with Crippen molar-refractivity contribution in [1.82, 2.24) is 9.88 Å². The van der Waals surface area contributed by atoms with Crippen LogP contribution in [0, 0.1) is 5.92 Å². The molecule has 1 aromatic rings. The molecule has 17 heavy (non-hydrogen) atoms. The standard InChI is InChI=1S/C14H24N2O/c1-2-7-16-8-3-4-14(16)12-15-11-13-5-9-17-10-6-13/h3-4,8,13,15H,2,5-7,9-12H2,1H3. The fourth-order valence-electron chi connectivity index (χ4n) is 2.42. The third kappa shape index (κ3) is 3.86. The molecule has 1 aliphatic rings. The van der Waals surface area contributed by atoms with Gasteiger partial charge in [-0.15, -0.1) is 0 Å². The van der Waals surface area contributed by atoms with E-state index in [4.69, 9.17) is 4.74 Å². The lowest BCUT2D eigenvalue weighted by Crippen LogP contribution is -2.28. The molecular weight excluding hydrogens is 212 g/mol. The maximum absolute atomic E-state index is 5.37. The summed E-state index contributed by atoms with van der Waals surface area (Å²) in [5, 5.41) is 3.58. The third-order valence-corrected chi connectivity index (χ3v) is 3.47. The highest BCUT2D eigenvalue weighted by atomic mass is 16.5. The molecule has 0 spiro atoms. The lowest BCUT2D eigenvalue weighted by Gasteiger charge is -2.22. The zero-order valence-corrected chi connectivity index (χ0v) is 10.8. The second kappa shape index (κ2) is 6.82. The van der Waals surface area contributed by atoms with Crippen molar-refractivity contribution in [2.75, 3.05) is 19.8 Å². The third-order valence-electron chi connectivity index (χ3n) is 3.47. The van der Waals surface area contributed by atoms with Gasteiger partial charge in [-0.05, 0) is 43.9 Å². The first kappa shape index (κ1) is 12.7. The Kier molecular flexibility index (Phi) is 5.08. The predicted molar refractivity (Wildman–Crippen MR) is 70.0 cm³/mol. The van der Waals surface area contributed by atoms with E-state index in [1.54, 1.807) is 0 Å². The Morgan fingerprint density at radius 2 is 2.24 bits per heavy atom. The number of ether oxygens (including phenoxy) is 1. The van der Waals surface area contributed by atoms with E-state index in [0.717, 1.165) is 38.8 Å². The van der Waals surface area contributed by atoms with Crippen LogP contribution in [0.5, 0.6) is 0 Å². The van der Waals surface area contributed by atoms with Gasteiger partial charge < -0.3 is 14.6 Å². The van der Waals surface area contributed by atoms with Crippen molar-refractivity contribution in [3.8, 4) is 0 Å². The zero-order valence-electron chi connectivity index (χ0n) is 10.8. The van der Waals surface area contributed by atoms with Crippen LogP contribution in [0.4, 0.5) is 0 Å². The van der Waals surface area contributed by atoms with Crippen molar-refractivity contribution >= 4 is 0 Å². The van der Waals surface area contributed by atoms with Crippen molar-refractivity contribution in [2.24, 2.45) is 5.92 Å². The molecule has 0 radical (unpaired) electrons. The zero-order chi connectivity index (χ0) is 11.9. The highest BCUT2D eigenvalue weighted by molar-refractivity contribution is 5.06. The SMILES string of the molecule is CCCn1cccc1CNCC1CCOCC1. The summed E-state index contributed by atoms with van der Waals surface area (Å²) in [6.07, 6.45) is 5.79. The fourth-order valence-corrected chi connectivity index (χ4v) is 2.42. The van der Waals surface area contributed by atoms with Crippen LogP contribution in [0.1, 0.15) is 31.9 Å². The van der Waals surface area contributed by atoms with Crippen molar-refractivity contribution in [3.63, 3.8) is 0 Å². The lowest BCUT2D eigenvalue weighted by atomic mass is 10.0. The van der Waals surface area contributed by atoms with Crippen LogP contribution < -0.4 is 5.32 Å². The van der Waals surface area contributed by atoms with Gasteiger partial charge in [-0.2, -0.15) is 0 Å². The molecule has 0 bridgehead atoms. The predicted octanol–water partition coefficient (Wildman–Crippen LogP) is 2.41. The molecule has 1 aliphatic heterocycles. The van der Waals surface area contributed by atoms with Crippen molar-refractivity contribution in [1.29, 1.82) is 0 Å². The molecule has 3 nitrogen and oxygen atoms in total. The maximum atomic E-state index is 5.37. The molecule has 1 aromatic heterocycles. The number of rotatable bonds is 6. The first-order valence-corrected chi connectivity index (χ1v) is 6.82. The van der Waals surface area contributed by atoms with Gasteiger partial charge in [0, 0.05) is 38.2 Å². The molecule has 3 heteroatoms. The number of hydrogen-bond donors (Lipinski definition) is 1. The number of aryl methyl sites for hydroxylation is 1. The van der Waals surface area contributed by atoms with Crippen LogP contribution in [0.15, 0.2) is 18.3 Å². The van der Waals surface area contributed by atoms with Crippen LogP contribution in [0.2, 0.25) is 0 Å². The van der Waals surface area contributed by atoms with Crippen molar-refractivity contribution in [2.45, 2.75) is 39.3 Å². The van der Waals surface area contributed by atoms with E-state index < -0.39 is 0 Å². The van der Waals surface area contributed by atoms with E-state index in [-0.39, 0.29) is 0 Å². The summed E-state index contributed by atoms with van der Waals surface area (Å²) in [5.74, 6) is 0.804. The van der Waals surface area contributed by atoms with Crippen LogP contribution >= 0.6 is 0 Å². The monoisotopic (exact) mass is 236 g/mol. The largest absolute Gasteiger partial charge is 0.381 e. The normalized spacial score (nSPS) is 17.5. The summed E-state index contributed by atoms with van der Waals surface area (Å²) >= 11 is 0. The molecule has 0 aliphatic carbocycles. The summed E-state index contributed by atoms with van der Waals surface area (Å²) in [6.45, 7) is 7.35. The topological polar surface area (TPSA) is 26.2 Å². The minimum absolute atomic E-state index is 0.804. The average molecular weight is 236 g/mol. The summed E-state index contributed by atoms with van der Waals surface area (Å²) < 4.78 is 7.72. The molecule has 96 valence electrons. The maximum Gasteiger partial charge on any atom is 0.0469 e. The van der Waals surface area contributed by atoms with Crippen LogP contribution in [0.25, 0.3) is 0 Å². The van der Waals surface area contributed by atoms with Crippen LogP contribution in [-0.2, 0) is 17.8 Å². The Balaban J connectivity index is 1.71. The molecule has 1 N–H and O–H groups in total. The quantitative estimate of drug-likeness (QED) is 0.821. The Bertz CT molecular complexity index is 316. The lowest BCUT2D eigenvalue weighted by molar-refractivity contribution is 0.0662. The highest BCUT2D eigenvalue weighted by Crippen LogP contribution is 2.13. The van der Waals surface area contributed by atoms with Gasteiger partial charge in [-0.25, -0.2) is 0 Å². The Hall–Kier alpha value is -0.800. The fraction of sp³-hybridized carbons (Fsp3) is 0.714. The summed E-state index contributed by atoms with van der Waals surface area (Å²) in [6, 6.07) is 4.35. The summed E-state index contributed by atoms with van der Waals surface area (Å²) in [5.41, 5.74) is 1.40. The Morgan fingerprint density at radius 3 is 3.00 bits per heavy atom. The molecule has 2 heterocycles. The second-order valence-corrected chi connectivity index (χ2v) is 4.88. The van der Waals surface area contributed by atoms with E-state index in [0.29, 0.717) is 0 Å². The number of aromatic nitrogens is 1. The average Bonchev–Trinajstić information content (AvgIpc) is 2.79. The van der Waals surface area contributed by atoms with Gasteiger partial charge in [-0.3, -0.25) is 0 Å². The van der Waals surface area contributed by atoms with Crippen LogP contribution in [-0.4, -0.2) is 24.3 Å². The number of hydrogen-bond acceptors (Lipinski definition) is 2. The van der Waals surface area contributed by atoms with E-state index in [9.17, 15) is 0 Å². The van der Waals surface area contributed by atoms with Gasteiger partial charge in [0.1, 0.15) is 0 Å². The Labute approximate surface area is 104 Å². The minimum atomic E-state index is 0.804. The van der Waals surface area contributed by atoms with Crippen molar-refractivity contribution < 1.29 is 4.74 Å². The first-order valence-electron chi connectivity index (χ1n) is 6.82. The van der Waals surface area contributed by atoms with Crippen molar-refractivity contribution in [3.05, 3.63) is 24.0 Å². The highest BCUT2D eigenvalue weighted by Gasteiger charge is 2.13. The summed E-state index contributed by atoms with van der Waals surface area (Å²) in [7, 11) is 0. The van der Waals surface area contributed by atoms with E-state index in [1.165, 1.54) is 25.0 Å². The molecule has 0 amide bonds. The number of nitrogens with one attached hydrogen (secondary N) is 1. The molecule has 0 unspecified atom stereocenters. The minimum Gasteiger partial charge on any atom is -0.381 e. The van der Waals surface area contributed by atoms with Gasteiger partial charge in [0.15, 0.2) is 0 Å². The van der Waals surface area contributed by atoms with Gasteiger partial charge >= 0.3 is 0 Å². The molecule has 1 saturated heterocycles. The van der Waals surface area contributed by atoms with Gasteiger partial charge in [0.05, 0.1) is 0 Å². The van der Waals surface area contributed by atoms with E-state index in [2.05, 4.69) is 35.1 Å². The molecule has 0 atom stereocenters. The van der Waals surface area contributed by atoms with Gasteiger partial charge in [-0.1, -0.05) is 6.92 Å². The smallest absolute Gasteiger partial charge is 0.0469 e. The van der Waals surface area contributed by atoms with E-state index in [1.807, 2.05) is 0 Å². The summed E-state index contributed by atoms with van der Waals surface area (Å²) in [4.78, 5) is 0. The molecule has 1 fully saturated rings. The van der Waals surface area contributed by atoms with Gasteiger partial charge in [0.25, 0.3) is 0 Å².